The van der Waals surface area contributed by atoms with Crippen LogP contribution in [0.3, 0.4) is 0 Å². The molecule has 0 atom stereocenters. The van der Waals surface area contributed by atoms with Crippen LogP contribution >= 0.6 is 23.2 Å². The number of hydrogen-bond acceptors (Lipinski definition) is 2. The molecule has 2 aromatic rings. The predicted octanol–water partition coefficient (Wildman–Crippen LogP) is 3.56. The molecule has 100 valence electrons. The Kier molecular flexibility index (Phi) is 3.56. The average Bonchev–Trinajstić information content (AvgIpc) is 2.32. The van der Waals surface area contributed by atoms with E-state index in [-0.39, 0.29) is 5.82 Å². The van der Waals surface area contributed by atoms with Gasteiger partial charge in [-0.15, -0.1) is 0 Å². The Bertz CT molecular complexity index is 665. The van der Waals surface area contributed by atoms with Crippen LogP contribution in [0.2, 0.25) is 10.0 Å². The highest BCUT2D eigenvalue weighted by atomic mass is 35.5. The summed E-state index contributed by atoms with van der Waals surface area (Å²) in [6.07, 6.45) is -2.74. The lowest BCUT2D eigenvalue weighted by Crippen LogP contribution is -2.22. The molecule has 0 aliphatic heterocycles. The molecule has 0 aromatic carbocycles. The van der Waals surface area contributed by atoms with Gasteiger partial charge in [-0.05, 0) is 18.2 Å². The van der Waals surface area contributed by atoms with E-state index in [2.05, 4.69) is 4.98 Å². The van der Waals surface area contributed by atoms with Crippen LogP contribution in [0, 0.1) is 0 Å². The number of aromatic nitrogens is 2. The topological polar surface area (TPSA) is 34.9 Å². The van der Waals surface area contributed by atoms with E-state index in [1.54, 1.807) is 0 Å². The maximum absolute atomic E-state index is 12.6. The third-order valence-corrected chi connectivity index (χ3v) is 2.75. The van der Waals surface area contributed by atoms with Gasteiger partial charge in [0.05, 0.1) is 10.6 Å². The first-order valence-electron chi connectivity index (χ1n) is 4.90. The molecule has 0 saturated heterocycles. The van der Waals surface area contributed by atoms with Gasteiger partial charge in [0.25, 0.3) is 5.56 Å². The smallest absolute Gasteiger partial charge is 0.267 e. The Morgan fingerprint density at radius 1 is 1.21 bits per heavy atom. The molecule has 0 bridgehead atoms. The van der Waals surface area contributed by atoms with Crippen LogP contribution in [0.1, 0.15) is 5.56 Å². The Labute approximate surface area is 115 Å². The first-order chi connectivity index (χ1) is 8.79. The molecule has 0 fully saturated rings. The fraction of sp³-hybridized carbons (Fsp3) is 0.0909. The van der Waals surface area contributed by atoms with Crippen molar-refractivity contribution >= 4 is 23.2 Å². The normalized spacial score (nSPS) is 11.6. The maximum atomic E-state index is 12.6. The summed E-state index contributed by atoms with van der Waals surface area (Å²) in [6.45, 7) is 0. The molecule has 8 heteroatoms. The lowest BCUT2D eigenvalue weighted by atomic mass is 10.2. The molecule has 0 saturated carbocycles. The van der Waals surface area contributed by atoms with Crippen LogP contribution in [0.25, 0.3) is 5.82 Å². The second kappa shape index (κ2) is 4.86. The minimum Gasteiger partial charge on any atom is -0.267 e. The highest BCUT2D eigenvalue weighted by Gasteiger charge is 2.32. The van der Waals surface area contributed by atoms with Crippen LogP contribution < -0.4 is 5.56 Å². The van der Waals surface area contributed by atoms with Crippen molar-refractivity contribution < 1.29 is 13.2 Å². The van der Waals surface area contributed by atoms with Gasteiger partial charge in [0.1, 0.15) is 10.8 Å². The number of pyridine rings is 2. The van der Waals surface area contributed by atoms with Crippen molar-refractivity contribution in [1.29, 1.82) is 0 Å². The summed E-state index contributed by atoms with van der Waals surface area (Å²) in [5.74, 6) is 0.00222. The van der Waals surface area contributed by atoms with E-state index in [1.807, 2.05) is 0 Å². The number of rotatable bonds is 1. The zero-order valence-corrected chi connectivity index (χ0v) is 10.6. The molecule has 3 nitrogen and oxygen atoms in total. The van der Waals surface area contributed by atoms with Crippen molar-refractivity contribution in [2.45, 2.75) is 6.18 Å². The van der Waals surface area contributed by atoms with Gasteiger partial charge in [-0.1, -0.05) is 23.2 Å². The Balaban J connectivity index is 2.66. The Morgan fingerprint density at radius 2 is 1.89 bits per heavy atom. The van der Waals surface area contributed by atoms with Gasteiger partial charge >= 0.3 is 6.18 Å². The number of halogens is 5. The van der Waals surface area contributed by atoms with E-state index in [0.717, 1.165) is 4.57 Å². The summed E-state index contributed by atoms with van der Waals surface area (Å²) in [4.78, 5) is 15.5. The predicted molar refractivity (Wildman–Crippen MR) is 64.9 cm³/mol. The van der Waals surface area contributed by atoms with Gasteiger partial charge in [0.15, 0.2) is 0 Å². The molecular weight excluding hydrogens is 304 g/mol. The largest absolute Gasteiger partial charge is 0.417 e. The summed E-state index contributed by atoms with van der Waals surface area (Å²) in [7, 11) is 0. The highest BCUT2D eigenvalue weighted by molar-refractivity contribution is 6.30. The zero-order chi connectivity index (χ0) is 14.2. The molecule has 2 rings (SSSR count). The first-order valence-corrected chi connectivity index (χ1v) is 5.66. The highest BCUT2D eigenvalue weighted by Crippen LogP contribution is 2.30. The van der Waals surface area contributed by atoms with Crippen molar-refractivity contribution in [3.05, 3.63) is 56.6 Å². The van der Waals surface area contributed by atoms with E-state index in [0.29, 0.717) is 17.3 Å². The zero-order valence-electron chi connectivity index (χ0n) is 9.08. The van der Waals surface area contributed by atoms with Gasteiger partial charge in [-0.3, -0.25) is 9.36 Å². The van der Waals surface area contributed by atoms with Crippen molar-refractivity contribution in [1.82, 2.24) is 9.55 Å². The summed E-state index contributed by atoms with van der Waals surface area (Å²) < 4.78 is 38.7. The van der Waals surface area contributed by atoms with Gasteiger partial charge in [-0.25, -0.2) is 4.98 Å². The maximum Gasteiger partial charge on any atom is 0.417 e. The summed E-state index contributed by atoms with van der Waals surface area (Å²) in [5, 5.41) is -0.235. The molecule has 2 heterocycles. The number of nitrogens with zero attached hydrogens (tertiary/aromatic N) is 2. The van der Waals surface area contributed by atoms with Crippen LogP contribution in [0.15, 0.2) is 35.4 Å². The van der Waals surface area contributed by atoms with Crippen molar-refractivity contribution in [2.75, 3.05) is 0 Å². The first kappa shape index (κ1) is 13.9. The van der Waals surface area contributed by atoms with Gasteiger partial charge < -0.3 is 0 Å². The lowest BCUT2D eigenvalue weighted by Gasteiger charge is -2.11. The summed E-state index contributed by atoms with van der Waals surface area (Å²) in [5.41, 5.74) is -1.82. The van der Waals surface area contributed by atoms with Gasteiger partial charge in [0.2, 0.25) is 0 Å². The fourth-order valence-electron chi connectivity index (χ4n) is 1.38. The molecule has 0 spiro atoms. The Morgan fingerprint density at radius 3 is 2.42 bits per heavy atom. The minimum absolute atomic E-state index is 0.00222. The van der Waals surface area contributed by atoms with Gasteiger partial charge in [-0.2, -0.15) is 13.2 Å². The summed E-state index contributed by atoms with van der Waals surface area (Å²) in [6, 6.07) is 3.31. The molecular formula is C11H5Cl2F3N2O. The molecule has 19 heavy (non-hydrogen) atoms. The van der Waals surface area contributed by atoms with E-state index < -0.39 is 22.3 Å². The second-order valence-electron chi connectivity index (χ2n) is 3.58. The third-order valence-electron chi connectivity index (χ3n) is 2.26. The molecule has 0 radical (unpaired) electrons. The number of hydrogen-bond donors (Lipinski definition) is 0. The monoisotopic (exact) mass is 308 g/mol. The van der Waals surface area contributed by atoms with Crippen molar-refractivity contribution in [2.24, 2.45) is 0 Å². The van der Waals surface area contributed by atoms with Crippen LogP contribution in [0.5, 0.6) is 0 Å². The Hall–Kier alpha value is -1.53. The quantitative estimate of drug-likeness (QED) is 0.807. The van der Waals surface area contributed by atoms with Crippen molar-refractivity contribution in [3.63, 3.8) is 0 Å². The standard InChI is InChI=1S/C11H5Cl2F3N2O/c12-7-1-2-9(17-4-7)18-5-6(11(14,15)16)3-8(13)10(18)19/h1-5H. The van der Waals surface area contributed by atoms with E-state index in [9.17, 15) is 18.0 Å². The second-order valence-corrected chi connectivity index (χ2v) is 4.43. The molecule has 0 N–H and O–H groups in total. The minimum atomic E-state index is -4.61. The number of alkyl halides is 3. The van der Waals surface area contributed by atoms with Gasteiger partial charge in [0, 0.05) is 12.4 Å². The lowest BCUT2D eigenvalue weighted by molar-refractivity contribution is -0.138. The van der Waals surface area contributed by atoms with Crippen LogP contribution in [0.4, 0.5) is 13.2 Å². The summed E-state index contributed by atoms with van der Waals surface area (Å²) >= 11 is 11.1. The van der Waals surface area contributed by atoms with Crippen LogP contribution in [-0.4, -0.2) is 9.55 Å². The van der Waals surface area contributed by atoms with E-state index in [1.165, 1.54) is 18.3 Å². The molecule has 0 aliphatic carbocycles. The molecule has 2 aromatic heterocycles. The third kappa shape index (κ3) is 2.90. The van der Waals surface area contributed by atoms with E-state index >= 15 is 0 Å². The molecule has 0 amide bonds. The SMILES string of the molecule is O=c1c(Cl)cc(C(F)(F)F)cn1-c1ccc(Cl)cn1. The van der Waals surface area contributed by atoms with Crippen LogP contribution in [-0.2, 0) is 6.18 Å². The average molecular weight is 309 g/mol. The van der Waals surface area contributed by atoms with Crippen molar-refractivity contribution in [3.8, 4) is 5.82 Å². The molecule has 0 unspecified atom stereocenters. The fourth-order valence-corrected chi connectivity index (χ4v) is 1.70. The molecule has 0 aliphatic rings. The van der Waals surface area contributed by atoms with E-state index in [4.69, 9.17) is 23.2 Å².